The first kappa shape index (κ1) is 13.7. The molecule has 0 saturated carbocycles. The first-order chi connectivity index (χ1) is 6.01. The molecule has 0 saturated heterocycles. The summed E-state index contributed by atoms with van der Waals surface area (Å²) in [4.78, 5) is 1.21. The minimum absolute atomic E-state index is 0. The average Bonchev–Trinajstić information content (AvgIpc) is 2.47. The first-order valence-corrected chi connectivity index (χ1v) is 8.70. The molecule has 78 valence electrons. The SMILES string of the molecule is C[Si](C)(C)C#Cc1csc(CN)c1.Cl. The molecule has 0 bridgehead atoms. The third kappa shape index (κ3) is 4.82. The average molecular weight is 246 g/mol. The molecule has 0 aliphatic heterocycles. The monoisotopic (exact) mass is 245 g/mol. The van der Waals surface area contributed by atoms with Crippen LogP contribution in [0.2, 0.25) is 19.6 Å². The van der Waals surface area contributed by atoms with Gasteiger partial charge >= 0.3 is 0 Å². The van der Waals surface area contributed by atoms with Crippen molar-refractivity contribution in [1.82, 2.24) is 0 Å². The van der Waals surface area contributed by atoms with Crippen LogP contribution >= 0.6 is 23.7 Å². The number of halogens is 1. The van der Waals surface area contributed by atoms with Gasteiger partial charge in [0.1, 0.15) is 8.07 Å². The lowest BCUT2D eigenvalue weighted by molar-refractivity contribution is 1.11. The summed E-state index contributed by atoms with van der Waals surface area (Å²) in [5, 5.41) is 2.08. The van der Waals surface area contributed by atoms with Gasteiger partial charge in [-0.1, -0.05) is 25.6 Å². The molecule has 0 aromatic carbocycles. The highest BCUT2D eigenvalue weighted by Crippen LogP contribution is 2.12. The van der Waals surface area contributed by atoms with Gasteiger partial charge in [0.2, 0.25) is 0 Å². The highest BCUT2D eigenvalue weighted by molar-refractivity contribution is 7.10. The van der Waals surface area contributed by atoms with E-state index in [1.165, 1.54) is 4.88 Å². The van der Waals surface area contributed by atoms with Crippen LogP contribution in [0.25, 0.3) is 0 Å². The molecule has 2 N–H and O–H groups in total. The molecule has 1 nitrogen and oxygen atoms in total. The Morgan fingerprint density at radius 1 is 1.43 bits per heavy atom. The number of rotatable bonds is 1. The molecular formula is C10H16ClNSSi. The molecule has 1 aromatic rings. The summed E-state index contributed by atoms with van der Waals surface area (Å²) in [6.45, 7) is 7.36. The van der Waals surface area contributed by atoms with E-state index < -0.39 is 8.07 Å². The Morgan fingerprint density at radius 3 is 2.50 bits per heavy atom. The smallest absolute Gasteiger partial charge is 0.129 e. The van der Waals surface area contributed by atoms with Crippen LogP contribution in [0.1, 0.15) is 10.4 Å². The molecule has 1 heterocycles. The van der Waals surface area contributed by atoms with Crippen LogP contribution in [-0.4, -0.2) is 8.07 Å². The quantitative estimate of drug-likeness (QED) is 0.598. The minimum atomic E-state index is -1.23. The van der Waals surface area contributed by atoms with Crippen LogP contribution in [0.5, 0.6) is 0 Å². The standard InChI is InChI=1S/C10H15NSSi.ClH/c1-13(2,3)5-4-9-6-10(7-11)12-8-9;/h6,8H,7,11H2,1-3H3;1H. The molecule has 0 fully saturated rings. The second kappa shape index (κ2) is 5.57. The molecule has 0 aliphatic carbocycles. The lowest BCUT2D eigenvalue weighted by atomic mass is 10.3. The Bertz CT molecular complexity index is 343. The summed E-state index contributed by atoms with van der Waals surface area (Å²) in [7, 11) is -1.23. The van der Waals surface area contributed by atoms with Gasteiger partial charge < -0.3 is 5.73 Å². The summed E-state index contributed by atoms with van der Waals surface area (Å²) in [5.74, 6) is 3.21. The van der Waals surface area contributed by atoms with Gasteiger partial charge in [0.15, 0.2) is 0 Å². The largest absolute Gasteiger partial charge is 0.326 e. The summed E-state index contributed by atoms with van der Waals surface area (Å²) >= 11 is 1.69. The van der Waals surface area contributed by atoms with Crippen molar-refractivity contribution in [3.63, 3.8) is 0 Å². The second-order valence-electron chi connectivity index (χ2n) is 4.01. The summed E-state index contributed by atoms with van der Waals surface area (Å²) in [5.41, 5.74) is 9.96. The highest BCUT2D eigenvalue weighted by atomic mass is 35.5. The van der Waals surface area contributed by atoms with Crippen LogP contribution in [0.4, 0.5) is 0 Å². The Kier molecular flexibility index (Phi) is 5.46. The fourth-order valence-corrected chi connectivity index (χ4v) is 2.03. The van der Waals surface area contributed by atoms with Crippen LogP contribution in [0.15, 0.2) is 11.4 Å². The molecule has 0 spiro atoms. The molecule has 0 unspecified atom stereocenters. The number of thiophene rings is 1. The zero-order chi connectivity index (χ0) is 9.90. The van der Waals surface area contributed by atoms with Crippen molar-refractivity contribution < 1.29 is 0 Å². The Balaban J connectivity index is 0.00000169. The second-order valence-corrected chi connectivity index (χ2v) is 9.75. The summed E-state index contributed by atoms with van der Waals surface area (Å²) in [6.07, 6.45) is 0. The van der Waals surface area contributed by atoms with Crippen LogP contribution < -0.4 is 5.73 Å². The molecular weight excluding hydrogens is 230 g/mol. The Morgan fingerprint density at radius 2 is 2.07 bits per heavy atom. The molecule has 0 atom stereocenters. The predicted molar refractivity (Wildman–Crippen MR) is 69.7 cm³/mol. The van der Waals surface area contributed by atoms with Gasteiger partial charge in [0, 0.05) is 22.4 Å². The third-order valence-electron chi connectivity index (χ3n) is 1.44. The zero-order valence-corrected chi connectivity index (χ0v) is 11.4. The van der Waals surface area contributed by atoms with E-state index in [0.29, 0.717) is 6.54 Å². The van der Waals surface area contributed by atoms with Crippen LogP contribution in [0.3, 0.4) is 0 Å². The molecule has 0 aliphatic rings. The minimum Gasteiger partial charge on any atom is -0.326 e. The molecule has 4 heteroatoms. The van der Waals surface area contributed by atoms with Crippen LogP contribution in [-0.2, 0) is 6.54 Å². The Hall–Kier alpha value is -0.273. The lowest BCUT2D eigenvalue weighted by Crippen LogP contribution is -2.16. The molecule has 1 aromatic heterocycles. The fraction of sp³-hybridized carbons (Fsp3) is 0.400. The molecule has 0 amide bonds. The summed E-state index contributed by atoms with van der Waals surface area (Å²) in [6, 6.07) is 2.08. The maximum Gasteiger partial charge on any atom is 0.129 e. The van der Waals surface area contributed by atoms with Crippen LogP contribution in [0, 0.1) is 11.5 Å². The van der Waals surface area contributed by atoms with Crippen molar-refractivity contribution >= 4 is 31.8 Å². The van der Waals surface area contributed by atoms with E-state index in [-0.39, 0.29) is 12.4 Å². The van der Waals surface area contributed by atoms with Gasteiger partial charge in [0.05, 0.1) is 0 Å². The highest BCUT2D eigenvalue weighted by Gasteiger charge is 2.07. The van der Waals surface area contributed by atoms with E-state index in [2.05, 4.69) is 42.6 Å². The lowest BCUT2D eigenvalue weighted by Gasteiger charge is -2.02. The fourth-order valence-electron chi connectivity index (χ4n) is 0.813. The number of hydrogen-bond acceptors (Lipinski definition) is 2. The Labute approximate surface area is 97.1 Å². The van der Waals surface area contributed by atoms with Crippen molar-refractivity contribution in [3.8, 4) is 11.5 Å². The van der Waals surface area contributed by atoms with E-state index in [0.717, 1.165) is 5.56 Å². The van der Waals surface area contributed by atoms with Crippen molar-refractivity contribution in [2.45, 2.75) is 26.2 Å². The van der Waals surface area contributed by atoms with Crippen molar-refractivity contribution in [2.24, 2.45) is 5.73 Å². The molecule has 0 radical (unpaired) electrons. The van der Waals surface area contributed by atoms with Gasteiger partial charge in [-0.3, -0.25) is 0 Å². The maximum atomic E-state index is 5.52. The van der Waals surface area contributed by atoms with Gasteiger partial charge in [-0.15, -0.1) is 29.3 Å². The predicted octanol–water partition coefficient (Wildman–Crippen LogP) is 2.86. The van der Waals surface area contributed by atoms with Gasteiger partial charge in [-0.05, 0) is 6.07 Å². The molecule has 14 heavy (non-hydrogen) atoms. The van der Waals surface area contributed by atoms with E-state index >= 15 is 0 Å². The van der Waals surface area contributed by atoms with Crippen molar-refractivity contribution in [3.05, 3.63) is 21.9 Å². The summed E-state index contributed by atoms with van der Waals surface area (Å²) < 4.78 is 0. The number of nitrogens with two attached hydrogens (primary N) is 1. The third-order valence-corrected chi connectivity index (χ3v) is 3.27. The van der Waals surface area contributed by atoms with E-state index in [1.54, 1.807) is 11.3 Å². The van der Waals surface area contributed by atoms with Gasteiger partial charge in [0.25, 0.3) is 0 Å². The zero-order valence-electron chi connectivity index (χ0n) is 8.76. The molecule has 1 rings (SSSR count). The topological polar surface area (TPSA) is 26.0 Å². The van der Waals surface area contributed by atoms with E-state index in [9.17, 15) is 0 Å². The van der Waals surface area contributed by atoms with Gasteiger partial charge in [-0.25, -0.2) is 0 Å². The first-order valence-electron chi connectivity index (χ1n) is 4.32. The van der Waals surface area contributed by atoms with Crippen molar-refractivity contribution in [1.29, 1.82) is 0 Å². The normalized spacial score (nSPS) is 10.0. The van der Waals surface area contributed by atoms with E-state index in [4.69, 9.17) is 5.73 Å². The number of hydrogen-bond donors (Lipinski definition) is 1. The van der Waals surface area contributed by atoms with E-state index in [1.807, 2.05) is 0 Å². The maximum absolute atomic E-state index is 5.52. The van der Waals surface area contributed by atoms with Gasteiger partial charge in [-0.2, -0.15) is 0 Å². The van der Waals surface area contributed by atoms with Crippen molar-refractivity contribution in [2.75, 3.05) is 0 Å².